The fourth-order valence-electron chi connectivity index (χ4n) is 4.43. The molecule has 0 fully saturated rings. The summed E-state index contributed by atoms with van der Waals surface area (Å²) in [4.78, 5) is 27.9. The van der Waals surface area contributed by atoms with E-state index in [4.69, 9.17) is 0 Å². The Morgan fingerprint density at radius 3 is 1.19 bits per heavy atom. The van der Waals surface area contributed by atoms with Crippen LogP contribution in [0.25, 0.3) is 0 Å². The summed E-state index contributed by atoms with van der Waals surface area (Å²) in [6.07, 6.45) is 0. The Morgan fingerprint density at radius 2 is 0.871 bits per heavy atom. The molecule has 0 spiro atoms. The zero-order chi connectivity index (χ0) is 23.1. The molecule has 3 aromatic rings. The average molecular weight is 433 g/mol. The van der Waals surface area contributed by atoms with E-state index in [9.17, 15) is 14.2 Å². The second-order valence-electron chi connectivity index (χ2n) is 8.60. The van der Waals surface area contributed by atoms with Gasteiger partial charge < -0.3 is 4.57 Å². The zero-order valence-corrected chi connectivity index (χ0v) is 20.2. The summed E-state index contributed by atoms with van der Waals surface area (Å²) in [5.74, 6) is 0. The van der Waals surface area contributed by atoms with E-state index in [1.807, 2.05) is 72.7 Å². The molecule has 3 aromatic carbocycles. The van der Waals surface area contributed by atoms with Gasteiger partial charge in [-0.25, -0.2) is 0 Å². The molecule has 0 amide bonds. The van der Waals surface area contributed by atoms with Crippen molar-refractivity contribution in [3.8, 4) is 0 Å². The van der Waals surface area contributed by atoms with Crippen LogP contribution in [0.5, 0.6) is 0 Å². The van der Waals surface area contributed by atoms with E-state index >= 15 is 0 Å². The minimum absolute atomic E-state index is 0.284. The molecular formula is C27H29O3P. The molecule has 0 aliphatic carbocycles. The average Bonchev–Trinajstić information content (AvgIpc) is 2.66. The van der Waals surface area contributed by atoms with Crippen LogP contribution in [-0.4, -0.2) is 11.0 Å². The first-order valence-electron chi connectivity index (χ1n) is 10.4. The number of hydrogen-bond donors (Lipinski definition) is 0. The highest BCUT2D eigenvalue weighted by Gasteiger charge is 2.44. The van der Waals surface area contributed by atoms with E-state index in [1.54, 1.807) is 24.3 Å². The molecule has 3 nitrogen and oxygen atoms in total. The fraction of sp³-hybridized carbons (Fsp3) is 0.259. The zero-order valence-electron chi connectivity index (χ0n) is 19.3. The Bertz CT molecular complexity index is 1130. The number of carbonyl (C=O) groups excluding carboxylic acids is 2. The van der Waals surface area contributed by atoms with Gasteiger partial charge in [-0.15, -0.1) is 0 Å². The first-order valence-corrected chi connectivity index (χ1v) is 12.1. The van der Waals surface area contributed by atoms with Gasteiger partial charge in [-0.3, -0.25) is 9.59 Å². The van der Waals surface area contributed by atoms with Crippen molar-refractivity contribution in [2.45, 2.75) is 48.5 Å². The van der Waals surface area contributed by atoms with E-state index < -0.39 is 18.2 Å². The van der Waals surface area contributed by atoms with Crippen molar-refractivity contribution >= 4 is 23.5 Å². The summed E-state index contributed by atoms with van der Waals surface area (Å²) in [6.45, 7) is 13.2. The van der Waals surface area contributed by atoms with E-state index in [1.165, 1.54) is 0 Å². The summed E-state index contributed by atoms with van der Waals surface area (Å²) >= 11 is 0. The van der Waals surface area contributed by atoms with Crippen molar-refractivity contribution < 1.29 is 14.2 Å². The number of rotatable bonds is 5. The minimum atomic E-state index is -4.13. The number of aryl methyl sites for hydroxylation is 7. The summed E-state index contributed by atoms with van der Waals surface area (Å²) in [7, 11) is -4.13. The minimum Gasteiger partial charge on any atom is -0.302 e. The highest BCUT2D eigenvalue weighted by molar-refractivity contribution is 8.01. The molecule has 31 heavy (non-hydrogen) atoms. The molecule has 0 atom stereocenters. The molecule has 4 heteroatoms. The third-order valence-corrected chi connectivity index (χ3v) is 8.37. The second-order valence-corrected chi connectivity index (χ2v) is 11.1. The standard InChI is InChI=1S/C27H29O3P/c1-16-8-10-23(11-9-16)31(30,26(28)24-19(4)12-17(2)13-20(24)5)27(29)25-21(6)14-18(3)15-22(25)7/h8-15H,1-7H3. The molecule has 0 N–H and O–H groups in total. The van der Waals surface area contributed by atoms with Gasteiger partial charge in [-0.2, -0.15) is 0 Å². The Labute approximate surface area is 184 Å². The molecule has 0 saturated heterocycles. The second kappa shape index (κ2) is 8.40. The van der Waals surface area contributed by atoms with E-state index in [2.05, 4.69) is 0 Å². The summed E-state index contributed by atoms with van der Waals surface area (Å²) in [6, 6.07) is 14.5. The normalized spacial score (nSPS) is 11.5. The Hall–Kier alpha value is -2.77. The van der Waals surface area contributed by atoms with Crippen molar-refractivity contribution in [1.29, 1.82) is 0 Å². The Kier molecular flexibility index (Phi) is 6.21. The van der Waals surface area contributed by atoms with E-state index in [0.29, 0.717) is 11.1 Å². The molecule has 3 rings (SSSR count). The summed E-state index contributed by atoms with van der Waals surface area (Å²) in [5.41, 5.74) is 5.55. The Balaban J connectivity index is 2.32. The van der Waals surface area contributed by atoms with Crippen molar-refractivity contribution in [1.82, 2.24) is 0 Å². The van der Waals surface area contributed by atoms with Crippen LogP contribution in [0.4, 0.5) is 0 Å². The van der Waals surface area contributed by atoms with Crippen molar-refractivity contribution in [3.05, 3.63) is 98.6 Å². The molecule has 0 bridgehead atoms. The molecule has 0 heterocycles. The monoisotopic (exact) mass is 432 g/mol. The lowest BCUT2D eigenvalue weighted by Gasteiger charge is -2.21. The van der Waals surface area contributed by atoms with Gasteiger partial charge in [0.2, 0.25) is 18.2 Å². The van der Waals surface area contributed by atoms with Gasteiger partial charge >= 0.3 is 0 Å². The third kappa shape index (κ3) is 4.07. The molecular weight excluding hydrogens is 403 g/mol. The largest absolute Gasteiger partial charge is 0.302 e. The third-order valence-electron chi connectivity index (χ3n) is 5.75. The Morgan fingerprint density at radius 1 is 0.548 bits per heavy atom. The number of benzene rings is 3. The van der Waals surface area contributed by atoms with Crippen LogP contribution >= 0.6 is 7.14 Å². The predicted octanol–water partition coefficient (Wildman–Crippen LogP) is 6.51. The molecule has 0 aliphatic rings. The van der Waals surface area contributed by atoms with Crippen LogP contribution in [0.3, 0.4) is 0 Å². The topological polar surface area (TPSA) is 51.2 Å². The van der Waals surface area contributed by atoms with Crippen LogP contribution in [0.15, 0.2) is 48.5 Å². The van der Waals surface area contributed by atoms with E-state index in [-0.39, 0.29) is 5.30 Å². The van der Waals surface area contributed by atoms with Crippen LogP contribution in [-0.2, 0) is 4.57 Å². The van der Waals surface area contributed by atoms with Crippen LogP contribution in [0, 0.1) is 48.5 Å². The molecule has 0 radical (unpaired) electrons. The van der Waals surface area contributed by atoms with Gasteiger partial charge in [0.15, 0.2) is 0 Å². The van der Waals surface area contributed by atoms with Gasteiger partial charge in [0.1, 0.15) is 0 Å². The first kappa shape index (κ1) is 22.9. The lowest BCUT2D eigenvalue weighted by atomic mass is 10.0. The molecule has 0 aliphatic heterocycles. The maximum atomic E-state index is 14.6. The summed E-state index contributed by atoms with van der Waals surface area (Å²) < 4.78 is 14.6. The SMILES string of the molecule is Cc1ccc(P(=O)(C(=O)c2c(C)cc(C)cc2C)C(=O)c2c(C)cc(C)cc2C)cc1. The van der Waals surface area contributed by atoms with Crippen molar-refractivity contribution in [2.75, 3.05) is 0 Å². The maximum absolute atomic E-state index is 14.6. The molecule has 0 aromatic heterocycles. The molecule has 160 valence electrons. The lowest BCUT2D eigenvalue weighted by molar-refractivity contribution is 0.104. The highest BCUT2D eigenvalue weighted by Crippen LogP contribution is 2.52. The van der Waals surface area contributed by atoms with Gasteiger partial charge in [0.05, 0.1) is 0 Å². The van der Waals surface area contributed by atoms with E-state index in [0.717, 1.165) is 38.9 Å². The first-order chi connectivity index (χ1) is 14.5. The predicted molar refractivity (Wildman–Crippen MR) is 128 cm³/mol. The lowest BCUT2D eigenvalue weighted by Crippen LogP contribution is -2.23. The number of carbonyl (C=O) groups is 2. The molecule has 0 saturated carbocycles. The maximum Gasteiger partial charge on any atom is 0.248 e. The van der Waals surface area contributed by atoms with Gasteiger partial charge in [-0.1, -0.05) is 65.2 Å². The number of hydrogen-bond acceptors (Lipinski definition) is 3. The van der Waals surface area contributed by atoms with Gasteiger partial charge in [0, 0.05) is 16.4 Å². The van der Waals surface area contributed by atoms with Gasteiger partial charge in [-0.05, 0) is 70.7 Å². The van der Waals surface area contributed by atoms with Crippen LogP contribution < -0.4 is 5.30 Å². The highest BCUT2D eigenvalue weighted by atomic mass is 31.2. The molecule has 0 unspecified atom stereocenters. The van der Waals surface area contributed by atoms with Crippen molar-refractivity contribution in [2.24, 2.45) is 0 Å². The summed E-state index contributed by atoms with van der Waals surface area (Å²) in [5, 5.41) is 0.284. The van der Waals surface area contributed by atoms with Crippen LogP contribution in [0.1, 0.15) is 59.7 Å². The fourth-order valence-corrected chi connectivity index (χ4v) is 6.99. The van der Waals surface area contributed by atoms with Crippen molar-refractivity contribution in [3.63, 3.8) is 0 Å². The smallest absolute Gasteiger partial charge is 0.248 e. The van der Waals surface area contributed by atoms with Gasteiger partial charge in [0.25, 0.3) is 0 Å². The quantitative estimate of drug-likeness (QED) is 0.432. The van der Waals surface area contributed by atoms with Crippen LogP contribution in [0.2, 0.25) is 0 Å².